The summed E-state index contributed by atoms with van der Waals surface area (Å²) >= 11 is 4.81. The number of hydrogen-bond donors (Lipinski definition) is 2. The molecule has 1 atom stereocenters. The second-order valence-corrected chi connectivity index (χ2v) is 9.46. The summed E-state index contributed by atoms with van der Waals surface area (Å²) in [6, 6.07) is 11.5. The molecule has 6 nitrogen and oxygen atoms in total. The number of para-hydroxylation sites is 1. The average Bonchev–Trinajstić information content (AvgIpc) is 3.34. The smallest absolute Gasteiger partial charge is 0.258 e. The first-order chi connectivity index (χ1) is 13.2. The van der Waals surface area contributed by atoms with Crippen LogP contribution in [0.1, 0.15) is 22.9 Å². The minimum absolute atomic E-state index is 0.0331. The standard InChI is InChI=1S/C18H17N5OS3/c1-11(15-20-14-7-3-2-6-13(14)16(24)21-15)26-18-23-22-17(27-18)19-9-8-12-5-4-10-25-12/h2-7,10-11H,8-9H2,1H3,(H,19,22)(H,20,21,24). The number of nitrogens with zero attached hydrogens (tertiary/aromatic N) is 3. The van der Waals surface area contributed by atoms with Crippen LogP contribution in [-0.2, 0) is 6.42 Å². The van der Waals surface area contributed by atoms with Gasteiger partial charge in [-0.2, -0.15) is 0 Å². The van der Waals surface area contributed by atoms with E-state index in [1.165, 1.54) is 16.2 Å². The minimum atomic E-state index is -0.115. The van der Waals surface area contributed by atoms with E-state index in [9.17, 15) is 4.79 Å². The summed E-state index contributed by atoms with van der Waals surface area (Å²) in [4.78, 5) is 21.0. The van der Waals surface area contributed by atoms with Crippen LogP contribution in [0.15, 0.2) is 50.9 Å². The quantitative estimate of drug-likeness (QED) is 0.437. The molecule has 3 heterocycles. The fourth-order valence-corrected chi connectivity index (χ4v) is 5.27. The van der Waals surface area contributed by atoms with Crippen molar-refractivity contribution in [3.63, 3.8) is 0 Å². The monoisotopic (exact) mass is 415 g/mol. The molecule has 0 fully saturated rings. The third-order valence-corrected chi connectivity index (χ3v) is 6.94. The lowest BCUT2D eigenvalue weighted by atomic mass is 10.2. The molecule has 0 amide bonds. The predicted molar refractivity (Wildman–Crippen MR) is 113 cm³/mol. The Morgan fingerprint density at radius 2 is 2.11 bits per heavy atom. The number of H-pyrrole nitrogens is 1. The molecule has 4 rings (SSSR count). The molecule has 0 aliphatic carbocycles. The fourth-order valence-electron chi connectivity index (χ4n) is 2.58. The number of benzene rings is 1. The fraction of sp³-hybridized carbons (Fsp3) is 0.222. The molecular formula is C18H17N5OS3. The summed E-state index contributed by atoms with van der Waals surface area (Å²) in [6.45, 7) is 2.83. The summed E-state index contributed by atoms with van der Waals surface area (Å²) in [5.41, 5.74) is 0.591. The van der Waals surface area contributed by atoms with Crippen molar-refractivity contribution in [1.82, 2.24) is 20.2 Å². The second-order valence-electron chi connectivity index (χ2n) is 5.86. The number of hydrogen-bond acceptors (Lipinski definition) is 8. The lowest BCUT2D eigenvalue weighted by Crippen LogP contribution is -2.12. The number of aromatic nitrogens is 4. The Labute approximate surface area is 168 Å². The van der Waals surface area contributed by atoms with E-state index in [1.54, 1.807) is 29.2 Å². The van der Waals surface area contributed by atoms with Crippen LogP contribution in [0.3, 0.4) is 0 Å². The van der Waals surface area contributed by atoms with Crippen molar-refractivity contribution in [3.05, 3.63) is 62.8 Å². The van der Waals surface area contributed by atoms with Crippen molar-refractivity contribution in [2.24, 2.45) is 0 Å². The van der Waals surface area contributed by atoms with Crippen LogP contribution < -0.4 is 10.9 Å². The molecule has 27 heavy (non-hydrogen) atoms. The molecule has 1 unspecified atom stereocenters. The number of thioether (sulfide) groups is 1. The van der Waals surface area contributed by atoms with Gasteiger partial charge in [0.25, 0.3) is 5.56 Å². The Balaban J connectivity index is 1.40. The zero-order valence-corrected chi connectivity index (χ0v) is 17.0. The van der Waals surface area contributed by atoms with Crippen LogP contribution in [0.2, 0.25) is 0 Å². The maximum absolute atomic E-state index is 12.2. The highest BCUT2D eigenvalue weighted by atomic mass is 32.2. The minimum Gasteiger partial charge on any atom is -0.360 e. The molecule has 0 aliphatic rings. The predicted octanol–water partition coefficient (Wildman–Crippen LogP) is 4.34. The molecule has 0 aliphatic heterocycles. The highest BCUT2D eigenvalue weighted by Gasteiger charge is 2.15. The van der Waals surface area contributed by atoms with Crippen LogP contribution in [0.4, 0.5) is 5.13 Å². The molecule has 0 radical (unpaired) electrons. The SMILES string of the molecule is CC(Sc1nnc(NCCc2cccs2)s1)c1nc2ccccc2c(=O)[nH]1. The van der Waals surface area contributed by atoms with E-state index in [2.05, 4.69) is 43.0 Å². The Hall–Kier alpha value is -2.23. The molecule has 138 valence electrons. The molecular weight excluding hydrogens is 398 g/mol. The van der Waals surface area contributed by atoms with Crippen molar-refractivity contribution in [2.45, 2.75) is 22.9 Å². The van der Waals surface area contributed by atoms with E-state index in [-0.39, 0.29) is 10.8 Å². The summed E-state index contributed by atoms with van der Waals surface area (Å²) in [5, 5.41) is 15.2. The Morgan fingerprint density at radius 3 is 2.96 bits per heavy atom. The first kappa shape index (κ1) is 18.1. The summed E-state index contributed by atoms with van der Waals surface area (Å²) < 4.78 is 0.844. The number of aromatic amines is 1. The van der Waals surface area contributed by atoms with E-state index in [4.69, 9.17) is 0 Å². The lowest BCUT2D eigenvalue weighted by molar-refractivity contribution is 0.916. The highest BCUT2D eigenvalue weighted by Crippen LogP contribution is 2.36. The Bertz CT molecular complexity index is 1090. The maximum atomic E-state index is 12.2. The van der Waals surface area contributed by atoms with Crippen LogP contribution in [-0.4, -0.2) is 26.7 Å². The average molecular weight is 416 g/mol. The van der Waals surface area contributed by atoms with E-state index >= 15 is 0 Å². The van der Waals surface area contributed by atoms with Gasteiger partial charge in [-0.1, -0.05) is 41.3 Å². The Kier molecular flexibility index (Phi) is 5.51. The zero-order valence-electron chi connectivity index (χ0n) is 14.5. The zero-order chi connectivity index (χ0) is 18.6. The van der Waals surface area contributed by atoms with Crippen LogP contribution in [0.5, 0.6) is 0 Å². The van der Waals surface area contributed by atoms with Gasteiger partial charge in [0.05, 0.1) is 16.2 Å². The normalized spacial score (nSPS) is 12.3. The molecule has 1 aromatic carbocycles. The van der Waals surface area contributed by atoms with Gasteiger partial charge in [-0.05, 0) is 36.9 Å². The molecule has 0 spiro atoms. The van der Waals surface area contributed by atoms with Crippen LogP contribution in [0.25, 0.3) is 10.9 Å². The number of rotatable bonds is 7. The third kappa shape index (κ3) is 4.37. The van der Waals surface area contributed by atoms with Gasteiger partial charge in [-0.15, -0.1) is 21.5 Å². The van der Waals surface area contributed by atoms with Crippen LogP contribution in [0, 0.1) is 0 Å². The van der Waals surface area contributed by atoms with Gasteiger partial charge in [0.15, 0.2) is 4.34 Å². The van der Waals surface area contributed by atoms with E-state index in [0.717, 1.165) is 22.4 Å². The largest absolute Gasteiger partial charge is 0.360 e. The van der Waals surface area contributed by atoms with Crippen molar-refractivity contribution in [2.75, 3.05) is 11.9 Å². The number of thiophene rings is 1. The van der Waals surface area contributed by atoms with Crippen molar-refractivity contribution >= 4 is 50.5 Å². The van der Waals surface area contributed by atoms with E-state index in [0.29, 0.717) is 16.7 Å². The molecule has 0 saturated carbocycles. The molecule has 4 aromatic rings. The van der Waals surface area contributed by atoms with Crippen molar-refractivity contribution in [1.29, 1.82) is 0 Å². The summed E-state index contributed by atoms with van der Waals surface area (Å²) in [5.74, 6) is 0.645. The van der Waals surface area contributed by atoms with Crippen molar-refractivity contribution < 1.29 is 0 Å². The van der Waals surface area contributed by atoms with Crippen molar-refractivity contribution in [3.8, 4) is 0 Å². The number of nitrogens with one attached hydrogen (secondary N) is 2. The highest BCUT2D eigenvalue weighted by molar-refractivity contribution is 8.01. The first-order valence-corrected chi connectivity index (χ1v) is 11.0. The van der Waals surface area contributed by atoms with Gasteiger partial charge >= 0.3 is 0 Å². The van der Waals surface area contributed by atoms with E-state index in [1.807, 2.05) is 25.1 Å². The van der Waals surface area contributed by atoms with Crippen LogP contribution >= 0.6 is 34.4 Å². The molecule has 0 bridgehead atoms. The first-order valence-electron chi connectivity index (χ1n) is 8.44. The van der Waals surface area contributed by atoms with Gasteiger partial charge < -0.3 is 10.3 Å². The third-order valence-electron chi connectivity index (χ3n) is 3.93. The summed E-state index contributed by atoms with van der Waals surface area (Å²) in [7, 11) is 0. The Morgan fingerprint density at radius 1 is 1.22 bits per heavy atom. The summed E-state index contributed by atoms with van der Waals surface area (Å²) in [6.07, 6.45) is 0.971. The molecule has 9 heteroatoms. The second kappa shape index (κ2) is 8.20. The van der Waals surface area contributed by atoms with E-state index < -0.39 is 0 Å². The van der Waals surface area contributed by atoms with Gasteiger partial charge in [0.2, 0.25) is 5.13 Å². The van der Waals surface area contributed by atoms with Gasteiger partial charge in [0.1, 0.15) is 5.82 Å². The topological polar surface area (TPSA) is 83.6 Å². The number of anilines is 1. The number of fused-ring (bicyclic) bond motifs is 1. The van der Waals surface area contributed by atoms with Gasteiger partial charge in [-0.3, -0.25) is 4.79 Å². The molecule has 3 aromatic heterocycles. The maximum Gasteiger partial charge on any atom is 0.258 e. The van der Waals surface area contributed by atoms with Gasteiger partial charge in [-0.25, -0.2) is 4.98 Å². The molecule has 2 N–H and O–H groups in total. The molecule has 0 saturated heterocycles. The van der Waals surface area contributed by atoms with Gasteiger partial charge in [0, 0.05) is 11.4 Å². The lowest BCUT2D eigenvalue weighted by Gasteiger charge is -2.08.